The Bertz CT molecular complexity index is 1980. The maximum Gasteiger partial charge on any atom is 0.338 e. The van der Waals surface area contributed by atoms with E-state index in [1.54, 1.807) is 43.4 Å². The Morgan fingerprint density at radius 3 is 2.21 bits per heavy atom. The van der Waals surface area contributed by atoms with E-state index in [9.17, 15) is 28.1 Å². The Morgan fingerprint density at radius 1 is 0.953 bits per heavy atom. The molecule has 2 heterocycles. The van der Waals surface area contributed by atoms with Crippen molar-refractivity contribution in [3.05, 3.63) is 75.8 Å². The summed E-state index contributed by atoms with van der Waals surface area (Å²) in [5.74, 6) is -0.463. The van der Waals surface area contributed by atoms with Crippen molar-refractivity contribution in [1.82, 2.24) is 14.5 Å². The van der Waals surface area contributed by atoms with Crippen LogP contribution in [0.3, 0.4) is 0 Å². The molecule has 16 heteroatoms. The number of benzene rings is 3. The molecule has 0 saturated heterocycles. The van der Waals surface area contributed by atoms with Gasteiger partial charge in [-0.25, -0.2) is 28.0 Å². The van der Waals surface area contributed by atoms with Gasteiger partial charge < -0.3 is 24.7 Å². The molecule has 43 heavy (non-hydrogen) atoms. The molecule has 0 unspecified atom stereocenters. The Kier molecular flexibility index (Phi) is 8.91. The molecule has 0 aliphatic heterocycles. The summed E-state index contributed by atoms with van der Waals surface area (Å²) < 4.78 is 35.3. The van der Waals surface area contributed by atoms with Crippen LogP contribution in [0.5, 0.6) is 0 Å². The molecule has 2 aromatic heterocycles. The molecule has 0 amide bonds. The van der Waals surface area contributed by atoms with E-state index in [0.717, 1.165) is 10.2 Å². The minimum Gasteiger partial charge on any atom is -0.465 e. The molecule has 0 saturated carbocycles. The number of aromatic nitrogens is 3. The Balaban J connectivity index is 0.000000239. The molecule has 0 bridgehead atoms. The van der Waals surface area contributed by atoms with Crippen LogP contribution in [-0.2, 0) is 26.4 Å². The number of hydrogen-bond acceptors (Lipinski definition) is 13. The number of imidazole rings is 1. The summed E-state index contributed by atoms with van der Waals surface area (Å²) in [6.45, 7) is 0. The average molecular weight is 627 g/mol. The predicted octanol–water partition coefficient (Wildman–Crippen LogP) is 4.54. The van der Waals surface area contributed by atoms with Gasteiger partial charge in [-0.05, 0) is 48.5 Å². The number of anilines is 3. The highest BCUT2D eigenvalue weighted by atomic mass is 32.2. The van der Waals surface area contributed by atoms with Crippen LogP contribution in [-0.4, -0.2) is 67.3 Å². The van der Waals surface area contributed by atoms with Crippen molar-refractivity contribution in [2.45, 2.75) is 4.90 Å². The molecule has 0 aliphatic rings. The second-order valence-corrected chi connectivity index (χ2v) is 12.0. The van der Waals surface area contributed by atoms with Crippen LogP contribution in [0.25, 0.3) is 21.3 Å². The van der Waals surface area contributed by atoms with Gasteiger partial charge in [0.2, 0.25) is 5.95 Å². The van der Waals surface area contributed by atoms with Gasteiger partial charge in [0, 0.05) is 26.4 Å². The van der Waals surface area contributed by atoms with Crippen molar-refractivity contribution in [3.63, 3.8) is 0 Å². The summed E-state index contributed by atoms with van der Waals surface area (Å²) in [4.78, 5) is 42.2. The summed E-state index contributed by atoms with van der Waals surface area (Å²) in [6, 6.07) is 14.1. The molecule has 0 atom stereocenters. The molecule has 5 aromatic rings. The van der Waals surface area contributed by atoms with Crippen LogP contribution in [0.2, 0.25) is 0 Å². The molecule has 224 valence electrons. The summed E-state index contributed by atoms with van der Waals surface area (Å²) in [6.07, 6.45) is 1.18. The molecule has 2 N–H and O–H groups in total. The van der Waals surface area contributed by atoms with E-state index in [0.29, 0.717) is 33.4 Å². The second-order valence-electron chi connectivity index (χ2n) is 8.97. The van der Waals surface area contributed by atoms with Crippen molar-refractivity contribution in [1.29, 1.82) is 0 Å². The molecule has 0 spiro atoms. The highest BCUT2D eigenvalue weighted by Gasteiger charge is 2.17. The van der Waals surface area contributed by atoms with Crippen molar-refractivity contribution < 1.29 is 32.4 Å². The van der Waals surface area contributed by atoms with Gasteiger partial charge in [-0.15, -0.1) is 0 Å². The number of carbonyl (C=O) groups is 2. The highest BCUT2D eigenvalue weighted by Crippen LogP contribution is 2.31. The van der Waals surface area contributed by atoms with E-state index in [2.05, 4.69) is 25.3 Å². The fraction of sp³-hybridized carbons (Fsp3) is 0.185. The number of carbonyl (C=O) groups excluding carboxylic acids is 2. The van der Waals surface area contributed by atoms with E-state index in [4.69, 9.17) is 4.74 Å². The fourth-order valence-corrected chi connectivity index (χ4v) is 5.60. The monoisotopic (exact) mass is 626 g/mol. The van der Waals surface area contributed by atoms with Gasteiger partial charge in [0.15, 0.2) is 15.0 Å². The number of aryl methyl sites for hydroxylation is 1. The van der Waals surface area contributed by atoms with Crippen LogP contribution in [0, 0.1) is 10.1 Å². The lowest BCUT2D eigenvalue weighted by atomic mass is 10.2. The van der Waals surface area contributed by atoms with Crippen LogP contribution >= 0.6 is 11.3 Å². The number of fused-ring (bicyclic) bond motifs is 2. The van der Waals surface area contributed by atoms with Gasteiger partial charge in [0.25, 0.3) is 5.69 Å². The third-order valence-corrected chi connectivity index (χ3v) is 8.24. The van der Waals surface area contributed by atoms with Gasteiger partial charge in [-0.3, -0.25) is 10.1 Å². The highest BCUT2D eigenvalue weighted by molar-refractivity contribution is 7.90. The second kappa shape index (κ2) is 12.4. The van der Waals surface area contributed by atoms with Gasteiger partial charge in [-0.2, -0.15) is 0 Å². The number of sulfone groups is 1. The zero-order valence-electron chi connectivity index (χ0n) is 23.6. The number of thiazole rings is 1. The van der Waals surface area contributed by atoms with Crippen molar-refractivity contribution in [2.24, 2.45) is 7.05 Å². The lowest BCUT2D eigenvalue weighted by Gasteiger charge is -2.03. The molecular formula is C27H26N6O8S2. The van der Waals surface area contributed by atoms with Crippen LogP contribution in [0.1, 0.15) is 20.7 Å². The number of nitro groups is 1. The van der Waals surface area contributed by atoms with Crippen LogP contribution in [0.15, 0.2) is 59.5 Å². The SMILES string of the molecule is CNc1ccc(C(=O)OC)cc1[N+](=O)[O-].COC(=O)c1ccc2c(c1)nc(Nc1nc3ccc(S(C)(=O)=O)cc3s1)n2C. The van der Waals surface area contributed by atoms with E-state index in [-0.39, 0.29) is 16.1 Å². The topological polar surface area (TPSA) is 185 Å². The van der Waals surface area contributed by atoms with E-state index in [1.807, 2.05) is 11.6 Å². The maximum absolute atomic E-state index is 11.7. The first-order valence-electron chi connectivity index (χ1n) is 12.3. The first-order chi connectivity index (χ1) is 20.4. The minimum absolute atomic E-state index is 0.152. The number of nitrogens with one attached hydrogen (secondary N) is 2. The molecule has 0 radical (unpaired) electrons. The van der Waals surface area contributed by atoms with Gasteiger partial charge in [-0.1, -0.05) is 11.3 Å². The summed E-state index contributed by atoms with van der Waals surface area (Å²) in [5, 5.41) is 17.1. The van der Waals surface area contributed by atoms with Crippen LogP contribution in [0.4, 0.5) is 22.5 Å². The Hall–Kier alpha value is -5.09. The number of ether oxygens (including phenoxy) is 2. The lowest BCUT2D eigenvalue weighted by molar-refractivity contribution is -0.384. The zero-order valence-corrected chi connectivity index (χ0v) is 25.2. The van der Waals surface area contributed by atoms with Gasteiger partial charge in [0.05, 0.1) is 56.4 Å². The average Bonchev–Trinajstić information content (AvgIpc) is 3.54. The minimum atomic E-state index is -3.28. The predicted molar refractivity (Wildman–Crippen MR) is 162 cm³/mol. The Morgan fingerprint density at radius 2 is 1.60 bits per heavy atom. The van der Waals surface area contributed by atoms with E-state index in [1.165, 1.54) is 50.0 Å². The fourth-order valence-electron chi connectivity index (χ4n) is 3.98. The number of rotatable bonds is 7. The van der Waals surface area contributed by atoms with Crippen molar-refractivity contribution in [2.75, 3.05) is 38.2 Å². The zero-order chi connectivity index (χ0) is 31.5. The standard InChI is InChI=1S/C18H16N4O4S2.C9H10N2O4/c1-22-14-7-4-10(16(23)26-2)8-13(14)19-17(22)21-18-20-12-6-5-11(28(3,24)25)9-15(12)27-18;1-10-7-4-3-6(9(12)15-2)5-8(7)11(13)14/h4-9H,1-3H3,(H,19,20,21);3-5,10H,1-2H3. The molecule has 3 aromatic carbocycles. The quantitative estimate of drug-likeness (QED) is 0.146. The van der Waals surface area contributed by atoms with E-state index < -0.39 is 26.7 Å². The summed E-state index contributed by atoms with van der Waals surface area (Å²) >= 11 is 1.34. The third kappa shape index (κ3) is 6.70. The largest absolute Gasteiger partial charge is 0.465 e. The van der Waals surface area contributed by atoms with Gasteiger partial charge >= 0.3 is 11.9 Å². The molecule has 0 aliphatic carbocycles. The molecular weight excluding hydrogens is 600 g/mol. The number of nitro benzene ring substituents is 1. The molecule has 5 rings (SSSR count). The molecule has 0 fully saturated rings. The Labute approximate surface area is 249 Å². The number of nitrogens with zero attached hydrogens (tertiary/aromatic N) is 4. The number of esters is 2. The first kappa shape index (κ1) is 30.9. The summed E-state index contributed by atoms with van der Waals surface area (Å²) in [5.41, 5.74) is 2.97. The smallest absolute Gasteiger partial charge is 0.338 e. The van der Waals surface area contributed by atoms with E-state index >= 15 is 0 Å². The lowest BCUT2D eigenvalue weighted by Crippen LogP contribution is -2.03. The maximum atomic E-state index is 11.7. The van der Waals surface area contributed by atoms with Gasteiger partial charge in [0.1, 0.15) is 5.69 Å². The number of hydrogen-bond donors (Lipinski definition) is 2. The number of methoxy groups -OCH3 is 2. The first-order valence-corrected chi connectivity index (χ1v) is 15.0. The molecule has 14 nitrogen and oxygen atoms in total. The normalized spacial score (nSPS) is 11.0. The van der Waals surface area contributed by atoms with Crippen molar-refractivity contribution >= 4 is 76.8 Å². The van der Waals surface area contributed by atoms with Crippen LogP contribution < -0.4 is 10.6 Å². The van der Waals surface area contributed by atoms with Crippen molar-refractivity contribution in [3.8, 4) is 0 Å². The third-order valence-electron chi connectivity index (χ3n) is 6.19. The summed E-state index contributed by atoms with van der Waals surface area (Å²) in [7, 11) is 2.70.